The highest BCUT2D eigenvalue weighted by Gasteiger charge is 2.39. The SMILES string of the molecule is C[C@H](c1cc(C(F)(F)F)cc(C(F)(F)F)c1)N(C)C(=O)[C@H]1CCNC[C@H]1c1ccccc1. The molecule has 0 saturated carbocycles. The third kappa shape index (κ3) is 5.26. The Bertz CT molecular complexity index is 909. The van der Waals surface area contributed by atoms with Crippen LogP contribution in [0.5, 0.6) is 0 Å². The van der Waals surface area contributed by atoms with E-state index in [1.807, 2.05) is 30.3 Å². The first-order chi connectivity index (χ1) is 14.9. The van der Waals surface area contributed by atoms with Crippen LogP contribution in [0.4, 0.5) is 26.3 Å². The van der Waals surface area contributed by atoms with Crippen molar-refractivity contribution < 1.29 is 31.1 Å². The molecule has 1 fully saturated rings. The lowest BCUT2D eigenvalue weighted by atomic mass is 9.80. The summed E-state index contributed by atoms with van der Waals surface area (Å²) in [6.07, 6.45) is -9.36. The molecule has 0 bridgehead atoms. The molecule has 0 aromatic heterocycles. The number of hydrogen-bond donors (Lipinski definition) is 1. The minimum atomic E-state index is -4.94. The topological polar surface area (TPSA) is 32.3 Å². The summed E-state index contributed by atoms with van der Waals surface area (Å²) < 4.78 is 79.4. The predicted octanol–water partition coefficient (Wildman–Crippen LogP) is 5.64. The van der Waals surface area contributed by atoms with E-state index in [-0.39, 0.29) is 23.5 Å². The summed E-state index contributed by atoms with van der Waals surface area (Å²) in [5, 5.41) is 3.25. The molecule has 1 aliphatic rings. The van der Waals surface area contributed by atoms with Gasteiger partial charge in [0.15, 0.2) is 0 Å². The fraction of sp³-hybridized carbons (Fsp3) is 0.435. The average molecular weight is 458 g/mol. The molecule has 0 spiro atoms. The van der Waals surface area contributed by atoms with Crippen molar-refractivity contribution in [3.8, 4) is 0 Å². The van der Waals surface area contributed by atoms with E-state index in [1.165, 1.54) is 18.9 Å². The van der Waals surface area contributed by atoms with Crippen LogP contribution >= 0.6 is 0 Å². The summed E-state index contributed by atoms with van der Waals surface area (Å²) in [6, 6.07) is 9.87. The monoisotopic (exact) mass is 458 g/mol. The van der Waals surface area contributed by atoms with Crippen LogP contribution < -0.4 is 5.32 Å². The smallest absolute Gasteiger partial charge is 0.339 e. The largest absolute Gasteiger partial charge is 0.416 e. The van der Waals surface area contributed by atoms with Crippen molar-refractivity contribution in [2.24, 2.45) is 5.92 Å². The van der Waals surface area contributed by atoms with Crippen LogP contribution in [0.3, 0.4) is 0 Å². The zero-order valence-corrected chi connectivity index (χ0v) is 17.6. The van der Waals surface area contributed by atoms with E-state index in [2.05, 4.69) is 5.32 Å². The Morgan fingerprint density at radius 1 is 1.00 bits per heavy atom. The number of hydrogen-bond acceptors (Lipinski definition) is 2. The van der Waals surface area contributed by atoms with E-state index in [1.54, 1.807) is 0 Å². The third-order valence-corrected chi connectivity index (χ3v) is 6.05. The van der Waals surface area contributed by atoms with Gasteiger partial charge >= 0.3 is 12.4 Å². The first kappa shape index (κ1) is 24.1. The second kappa shape index (κ2) is 9.13. The predicted molar refractivity (Wildman–Crippen MR) is 108 cm³/mol. The van der Waals surface area contributed by atoms with Crippen molar-refractivity contribution in [3.63, 3.8) is 0 Å². The van der Waals surface area contributed by atoms with Crippen molar-refractivity contribution in [2.75, 3.05) is 20.1 Å². The Labute approximate surface area is 182 Å². The van der Waals surface area contributed by atoms with E-state index in [0.29, 0.717) is 31.6 Å². The molecule has 1 aliphatic heterocycles. The molecule has 1 saturated heterocycles. The Balaban J connectivity index is 1.91. The maximum absolute atomic E-state index is 13.3. The standard InChI is InChI=1S/C23H24F6N2O/c1-14(16-10-17(22(24,25)26)12-18(11-16)23(27,28)29)31(2)21(32)19-8-9-30-13-20(19)15-6-4-3-5-7-15/h3-7,10-12,14,19-20,30H,8-9,13H2,1-2H3/t14-,19+,20+/m1/s1. The number of benzene rings is 2. The molecule has 3 rings (SSSR count). The first-order valence-electron chi connectivity index (χ1n) is 10.2. The van der Waals surface area contributed by atoms with Gasteiger partial charge in [0.25, 0.3) is 0 Å². The van der Waals surface area contributed by atoms with E-state index in [0.717, 1.165) is 5.56 Å². The van der Waals surface area contributed by atoms with E-state index >= 15 is 0 Å². The van der Waals surface area contributed by atoms with E-state index < -0.39 is 35.4 Å². The summed E-state index contributed by atoms with van der Waals surface area (Å²) in [6.45, 7) is 2.60. The number of amides is 1. The molecular weight excluding hydrogens is 434 g/mol. The van der Waals surface area contributed by atoms with Crippen molar-refractivity contribution in [3.05, 3.63) is 70.8 Å². The summed E-state index contributed by atoms with van der Waals surface area (Å²) in [4.78, 5) is 14.6. The third-order valence-electron chi connectivity index (χ3n) is 6.05. The number of halogens is 6. The Hall–Kier alpha value is -2.55. The van der Waals surface area contributed by atoms with Crippen molar-refractivity contribution >= 4 is 5.91 Å². The number of rotatable bonds is 4. The first-order valence-corrected chi connectivity index (χ1v) is 10.2. The van der Waals surface area contributed by atoms with Gasteiger partial charge in [0.1, 0.15) is 0 Å². The van der Waals surface area contributed by atoms with Gasteiger partial charge in [-0.1, -0.05) is 30.3 Å². The van der Waals surface area contributed by atoms with Gasteiger partial charge in [0.2, 0.25) is 5.91 Å². The van der Waals surface area contributed by atoms with Crippen molar-refractivity contribution in [2.45, 2.75) is 37.7 Å². The molecule has 1 heterocycles. The highest BCUT2D eigenvalue weighted by atomic mass is 19.4. The average Bonchev–Trinajstić information content (AvgIpc) is 2.76. The minimum absolute atomic E-state index is 0.0935. The van der Waals surface area contributed by atoms with Gasteiger partial charge in [-0.05, 0) is 49.2 Å². The second-order valence-corrected chi connectivity index (χ2v) is 8.08. The van der Waals surface area contributed by atoms with Gasteiger partial charge in [-0.2, -0.15) is 26.3 Å². The molecular formula is C23H24F6N2O. The quantitative estimate of drug-likeness (QED) is 0.602. The van der Waals surface area contributed by atoms with Gasteiger partial charge in [0.05, 0.1) is 17.2 Å². The maximum Gasteiger partial charge on any atom is 0.416 e. The molecule has 1 N–H and O–H groups in total. The van der Waals surface area contributed by atoms with E-state index in [9.17, 15) is 31.1 Å². The lowest BCUT2D eigenvalue weighted by Gasteiger charge is -2.36. The molecule has 1 amide bonds. The van der Waals surface area contributed by atoms with Crippen LogP contribution in [0.2, 0.25) is 0 Å². The number of nitrogens with one attached hydrogen (secondary N) is 1. The van der Waals surface area contributed by atoms with Crippen LogP contribution in [-0.4, -0.2) is 30.9 Å². The molecule has 0 unspecified atom stereocenters. The van der Waals surface area contributed by atoms with Crippen LogP contribution in [-0.2, 0) is 17.1 Å². The number of nitrogens with zero attached hydrogens (tertiary/aromatic N) is 1. The zero-order chi connectivity index (χ0) is 23.7. The number of carbonyl (C=O) groups excluding carboxylic acids is 1. The summed E-state index contributed by atoms with van der Waals surface area (Å²) in [5.74, 6) is -0.878. The molecule has 174 valence electrons. The maximum atomic E-state index is 13.3. The van der Waals surface area contributed by atoms with Crippen LogP contribution in [0, 0.1) is 5.92 Å². The zero-order valence-electron chi connectivity index (χ0n) is 17.6. The fourth-order valence-corrected chi connectivity index (χ4v) is 4.10. The van der Waals surface area contributed by atoms with Gasteiger partial charge in [-0.15, -0.1) is 0 Å². The minimum Gasteiger partial charge on any atom is -0.339 e. The molecule has 32 heavy (non-hydrogen) atoms. The van der Waals surface area contributed by atoms with Crippen LogP contribution in [0.25, 0.3) is 0 Å². The van der Waals surface area contributed by atoms with Crippen molar-refractivity contribution in [1.29, 1.82) is 0 Å². The molecule has 0 radical (unpaired) electrons. The van der Waals surface area contributed by atoms with Gasteiger partial charge < -0.3 is 10.2 Å². The Kier molecular flexibility index (Phi) is 6.88. The molecule has 3 nitrogen and oxygen atoms in total. The molecule has 2 aromatic rings. The lowest BCUT2D eigenvalue weighted by molar-refractivity contribution is -0.143. The second-order valence-electron chi connectivity index (χ2n) is 8.08. The summed E-state index contributed by atoms with van der Waals surface area (Å²) >= 11 is 0. The van der Waals surface area contributed by atoms with Crippen molar-refractivity contribution in [1.82, 2.24) is 10.2 Å². The molecule has 9 heteroatoms. The highest BCUT2D eigenvalue weighted by Crippen LogP contribution is 2.39. The summed E-state index contributed by atoms with van der Waals surface area (Å²) in [7, 11) is 1.42. The normalized spacial score (nSPS) is 20.6. The van der Waals surface area contributed by atoms with Gasteiger partial charge in [0, 0.05) is 25.4 Å². The number of alkyl halides is 6. The highest BCUT2D eigenvalue weighted by molar-refractivity contribution is 5.80. The van der Waals surface area contributed by atoms with Gasteiger partial charge in [-0.3, -0.25) is 4.79 Å². The Morgan fingerprint density at radius 3 is 2.09 bits per heavy atom. The summed E-state index contributed by atoms with van der Waals surface area (Å²) in [5.41, 5.74) is -2.04. The molecule has 3 atom stereocenters. The van der Waals surface area contributed by atoms with Crippen LogP contribution in [0.1, 0.15) is 47.6 Å². The Morgan fingerprint density at radius 2 is 1.56 bits per heavy atom. The molecule has 2 aromatic carbocycles. The van der Waals surface area contributed by atoms with E-state index in [4.69, 9.17) is 0 Å². The molecule has 0 aliphatic carbocycles. The lowest BCUT2D eigenvalue weighted by Crippen LogP contribution is -2.44. The van der Waals surface area contributed by atoms with Gasteiger partial charge in [-0.25, -0.2) is 0 Å². The number of piperidine rings is 1. The fourth-order valence-electron chi connectivity index (χ4n) is 4.10. The van der Waals surface area contributed by atoms with Crippen LogP contribution in [0.15, 0.2) is 48.5 Å². The number of carbonyl (C=O) groups is 1.